The number of benzene rings is 1. The molecule has 0 bridgehead atoms. The molecule has 1 aliphatic heterocycles. The molecule has 1 saturated heterocycles. The lowest BCUT2D eigenvalue weighted by atomic mass is 10.1. The van der Waals surface area contributed by atoms with Gasteiger partial charge in [-0.05, 0) is 57.2 Å². The summed E-state index contributed by atoms with van der Waals surface area (Å²) in [7, 11) is -3.54. The summed E-state index contributed by atoms with van der Waals surface area (Å²) >= 11 is 0. The minimum Gasteiger partial charge on any atom is -0.336 e. The Bertz CT molecular complexity index is 748. The second kappa shape index (κ2) is 8.09. The number of carbonyl (C=O) groups excluding carboxylic acids is 1. The Kier molecular flexibility index (Phi) is 6.03. The van der Waals surface area contributed by atoms with E-state index in [4.69, 9.17) is 0 Å². The van der Waals surface area contributed by atoms with Crippen molar-refractivity contribution in [3.8, 4) is 0 Å². The van der Waals surface area contributed by atoms with Crippen LogP contribution in [0, 0.1) is 6.92 Å². The van der Waals surface area contributed by atoms with Crippen molar-refractivity contribution in [3.05, 3.63) is 29.3 Å². The lowest BCUT2D eigenvalue weighted by Gasteiger charge is -2.29. The summed E-state index contributed by atoms with van der Waals surface area (Å²) in [6.07, 6.45) is 7.31. The van der Waals surface area contributed by atoms with Crippen molar-refractivity contribution in [2.45, 2.75) is 69.7 Å². The topological polar surface area (TPSA) is 57.7 Å². The van der Waals surface area contributed by atoms with E-state index in [1.54, 1.807) is 29.4 Å². The van der Waals surface area contributed by atoms with Crippen LogP contribution in [0.25, 0.3) is 0 Å². The monoisotopic (exact) mass is 378 g/mol. The molecule has 0 aromatic heterocycles. The Morgan fingerprint density at radius 2 is 1.77 bits per heavy atom. The minimum atomic E-state index is -3.54. The molecule has 1 aliphatic carbocycles. The lowest BCUT2D eigenvalue weighted by molar-refractivity contribution is 0.0693. The minimum absolute atomic E-state index is 0.0468. The largest absolute Gasteiger partial charge is 0.336 e. The van der Waals surface area contributed by atoms with E-state index in [9.17, 15) is 13.2 Å². The van der Waals surface area contributed by atoms with Gasteiger partial charge in [-0.25, -0.2) is 8.42 Å². The molecule has 1 heterocycles. The first-order chi connectivity index (χ1) is 12.4. The van der Waals surface area contributed by atoms with Gasteiger partial charge in [0.15, 0.2) is 0 Å². The molecule has 3 rings (SSSR count). The maximum Gasteiger partial charge on any atom is 0.254 e. The van der Waals surface area contributed by atoms with E-state index in [-0.39, 0.29) is 16.8 Å². The highest BCUT2D eigenvalue weighted by Crippen LogP contribution is 2.27. The van der Waals surface area contributed by atoms with Crippen molar-refractivity contribution in [2.24, 2.45) is 0 Å². The SMILES string of the molecule is CCN(C(=O)c1ccc(C)c(S(=O)(=O)N2CCCCC2)c1)C1CCCC1. The smallest absolute Gasteiger partial charge is 0.254 e. The first-order valence-corrected chi connectivity index (χ1v) is 11.3. The first-order valence-electron chi connectivity index (χ1n) is 9.87. The number of carbonyl (C=O) groups is 1. The van der Waals surface area contributed by atoms with Gasteiger partial charge in [0, 0.05) is 31.2 Å². The molecule has 0 radical (unpaired) electrons. The summed E-state index contributed by atoms with van der Waals surface area (Å²) in [5.41, 5.74) is 1.19. The second-order valence-corrected chi connectivity index (χ2v) is 9.38. The van der Waals surface area contributed by atoms with Crippen molar-refractivity contribution < 1.29 is 13.2 Å². The highest BCUT2D eigenvalue weighted by atomic mass is 32.2. The fourth-order valence-corrected chi connectivity index (χ4v) is 5.97. The average molecular weight is 379 g/mol. The third-order valence-corrected chi connectivity index (χ3v) is 7.78. The van der Waals surface area contributed by atoms with Crippen LogP contribution in [0.1, 0.15) is 67.8 Å². The number of piperidine rings is 1. The zero-order valence-corrected chi connectivity index (χ0v) is 16.7. The van der Waals surface area contributed by atoms with Gasteiger partial charge in [0.05, 0.1) is 4.90 Å². The molecule has 2 aliphatic rings. The maximum absolute atomic E-state index is 13.1. The van der Waals surface area contributed by atoms with Crippen LogP contribution >= 0.6 is 0 Å². The Labute approximate surface area is 157 Å². The van der Waals surface area contributed by atoms with Crippen LogP contribution in [0.3, 0.4) is 0 Å². The normalized spacial score (nSPS) is 19.6. The third-order valence-electron chi connectivity index (χ3n) is 5.73. The van der Waals surface area contributed by atoms with Gasteiger partial charge >= 0.3 is 0 Å². The maximum atomic E-state index is 13.1. The Balaban J connectivity index is 1.90. The van der Waals surface area contributed by atoms with Crippen LogP contribution < -0.4 is 0 Å². The Hall–Kier alpha value is -1.40. The molecule has 0 atom stereocenters. The molecule has 0 unspecified atom stereocenters. The molecule has 144 valence electrons. The predicted octanol–water partition coefficient (Wildman–Crippen LogP) is 3.57. The van der Waals surface area contributed by atoms with E-state index in [0.717, 1.165) is 44.9 Å². The van der Waals surface area contributed by atoms with Crippen molar-refractivity contribution in [2.75, 3.05) is 19.6 Å². The van der Waals surface area contributed by atoms with Gasteiger partial charge in [0.1, 0.15) is 0 Å². The molecule has 1 aromatic rings. The third kappa shape index (κ3) is 3.81. The fraction of sp³-hybridized carbons (Fsp3) is 0.650. The van der Waals surface area contributed by atoms with Crippen molar-refractivity contribution in [1.82, 2.24) is 9.21 Å². The molecule has 0 N–H and O–H groups in total. The van der Waals surface area contributed by atoms with E-state index in [1.165, 1.54) is 0 Å². The summed E-state index contributed by atoms with van der Waals surface area (Å²) in [6.45, 7) is 5.60. The molecule has 2 fully saturated rings. The number of sulfonamides is 1. The standard InChI is InChI=1S/C20H30N2O3S/c1-3-22(18-9-5-6-10-18)20(23)17-12-11-16(2)19(15-17)26(24,25)21-13-7-4-8-14-21/h11-12,15,18H,3-10,13-14H2,1-2H3. The molecule has 1 aromatic carbocycles. The van der Waals surface area contributed by atoms with E-state index in [0.29, 0.717) is 30.8 Å². The van der Waals surface area contributed by atoms with Crippen LogP contribution in [-0.2, 0) is 10.0 Å². The summed E-state index contributed by atoms with van der Waals surface area (Å²) in [5, 5.41) is 0. The number of rotatable bonds is 5. The van der Waals surface area contributed by atoms with Crippen molar-refractivity contribution >= 4 is 15.9 Å². The van der Waals surface area contributed by atoms with Gasteiger partial charge in [0.2, 0.25) is 10.0 Å². The highest BCUT2D eigenvalue weighted by Gasteiger charge is 2.30. The van der Waals surface area contributed by atoms with Gasteiger partial charge in [-0.15, -0.1) is 0 Å². The number of amides is 1. The van der Waals surface area contributed by atoms with Crippen LogP contribution in [-0.4, -0.2) is 49.2 Å². The Morgan fingerprint density at radius 1 is 1.12 bits per heavy atom. The molecular formula is C20H30N2O3S. The molecule has 1 amide bonds. The quantitative estimate of drug-likeness (QED) is 0.787. The summed E-state index contributed by atoms with van der Waals surface area (Å²) in [5.74, 6) is -0.0468. The molecule has 5 nitrogen and oxygen atoms in total. The molecule has 0 spiro atoms. The molecular weight excluding hydrogens is 348 g/mol. The van der Waals surface area contributed by atoms with Gasteiger partial charge in [-0.2, -0.15) is 4.31 Å². The molecule has 1 saturated carbocycles. The van der Waals surface area contributed by atoms with Gasteiger partial charge in [0.25, 0.3) is 5.91 Å². The van der Waals surface area contributed by atoms with Crippen LogP contribution in [0.4, 0.5) is 0 Å². The van der Waals surface area contributed by atoms with Crippen LogP contribution in [0.2, 0.25) is 0 Å². The van der Waals surface area contributed by atoms with Crippen LogP contribution in [0.15, 0.2) is 23.1 Å². The first kappa shape index (κ1) is 19.4. The number of aryl methyl sites for hydroxylation is 1. The average Bonchev–Trinajstić information content (AvgIpc) is 3.17. The second-order valence-electron chi connectivity index (χ2n) is 7.47. The Morgan fingerprint density at radius 3 is 2.38 bits per heavy atom. The van der Waals surface area contributed by atoms with E-state index >= 15 is 0 Å². The fourth-order valence-electron chi connectivity index (χ4n) is 4.20. The van der Waals surface area contributed by atoms with Crippen molar-refractivity contribution in [1.29, 1.82) is 0 Å². The van der Waals surface area contributed by atoms with Crippen molar-refractivity contribution in [3.63, 3.8) is 0 Å². The number of nitrogens with zero attached hydrogens (tertiary/aromatic N) is 2. The molecule has 26 heavy (non-hydrogen) atoms. The van der Waals surface area contributed by atoms with Gasteiger partial charge in [-0.3, -0.25) is 4.79 Å². The zero-order valence-electron chi connectivity index (χ0n) is 15.9. The van der Waals surface area contributed by atoms with Crippen LogP contribution in [0.5, 0.6) is 0 Å². The predicted molar refractivity (Wildman–Crippen MR) is 103 cm³/mol. The zero-order chi connectivity index (χ0) is 18.7. The highest BCUT2D eigenvalue weighted by molar-refractivity contribution is 7.89. The lowest BCUT2D eigenvalue weighted by Crippen LogP contribution is -2.39. The summed E-state index contributed by atoms with van der Waals surface area (Å²) < 4.78 is 27.7. The summed E-state index contributed by atoms with van der Waals surface area (Å²) in [6, 6.07) is 5.42. The van der Waals surface area contributed by atoms with E-state index in [2.05, 4.69) is 0 Å². The van der Waals surface area contributed by atoms with E-state index < -0.39 is 10.0 Å². The van der Waals surface area contributed by atoms with E-state index in [1.807, 2.05) is 11.8 Å². The summed E-state index contributed by atoms with van der Waals surface area (Å²) in [4.78, 5) is 15.2. The number of hydrogen-bond donors (Lipinski definition) is 0. The van der Waals surface area contributed by atoms with Gasteiger partial charge < -0.3 is 4.90 Å². The number of hydrogen-bond acceptors (Lipinski definition) is 3. The molecule has 6 heteroatoms. The van der Waals surface area contributed by atoms with Gasteiger partial charge in [-0.1, -0.05) is 25.3 Å².